The summed E-state index contributed by atoms with van der Waals surface area (Å²) < 4.78 is 5.37. The quantitative estimate of drug-likeness (QED) is 0.783. The lowest BCUT2D eigenvalue weighted by atomic mass is 9.81. The zero-order valence-corrected chi connectivity index (χ0v) is 10.7. The first-order valence-corrected chi connectivity index (χ1v) is 6.80. The highest BCUT2D eigenvalue weighted by molar-refractivity contribution is 5.79. The van der Waals surface area contributed by atoms with Crippen LogP contribution < -0.4 is 5.73 Å². The molecule has 0 bridgehead atoms. The number of hydrogen-bond donors (Lipinski definition) is 1. The molecule has 2 fully saturated rings. The summed E-state index contributed by atoms with van der Waals surface area (Å²) in [7, 11) is 0. The Morgan fingerprint density at radius 2 is 2.06 bits per heavy atom. The van der Waals surface area contributed by atoms with Crippen molar-refractivity contribution in [1.82, 2.24) is 4.90 Å². The number of carbonyl (C=O) groups is 1. The molecule has 98 valence electrons. The smallest absolute Gasteiger partial charge is 0.226 e. The minimum Gasteiger partial charge on any atom is -0.377 e. The minimum absolute atomic E-state index is 0.235. The maximum atomic E-state index is 12.4. The summed E-state index contributed by atoms with van der Waals surface area (Å²) in [5.41, 5.74) is 5.68. The highest BCUT2D eigenvalue weighted by atomic mass is 16.5. The van der Waals surface area contributed by atoms with Gasteiger partial charge in [0.2, 0.25) is 5.91 Å². The largest absolute Gasteiger partial charge is 0.377 e. The summed E-state index contributed by atoms with van der Waals surface area (Å²) in [6, 6.07) is 0.239. The predicted octanol–water partition coefficient (Wildman–Crippen LogP) is 0.999. The third-order valence-corrected chi connectivity index (χ3v) is 4.18. The Bertz CT molecular complexity index is 262. The molecular weight excluding hydrogens is 216 g/mol. The van der Waals surface area contributed by atoms with Crippen molar-refractivity contribution in [3.63, 3.8) is 0 Å². The highest BCUT2D eigenvalue weighted by Gasteiger charge is 2.32. The van der Waals surface area contributed by atoms with E-state index in [-0.39, 0.29) is 12.0 Å². The van der Waals surface area contributed by atoms with E-state index < -0.39 is 0 Å². The van der Waals surface area contributed by atoms with E-state index in [2.05, 4.69) is 6.92 Å². The van der Waals surface area contributed by atoms with Crippen LogP contribution in [0.5, 0.6) is 0 Å². The van der Waals surface area contributed by atoms with Gasteiger partial charge >= 0.3 is 0 Å². The average Bonchev–Trinajstić information content (AvgIpc) is 2.39. The van der Waals surface area contributed by atoms with E-state index in [0.29, 0.717) is 25.0 Å². The Morgan fingerprint density at radius 3 is 2.65 bits per heavy atom. The third-order valence-electron chi connectivity index (χ3n) is 4.18. The molecule has 0 aromatic heterocycles. The number of hydrogen-bond acceptors (Lipinski definition) is 3. The van der Waals surface area contributed by atoms with E-state index in [0.717, 1.165) is 38.8 Å². The molecule has 1 heterocycles. The topological polar surface area (TPSA) is 55.6 Å². The van der Waals surface area contributed by atoms with Gasteiger partial charge in [-0.05, 0) is 45.1 Å². The number of nitrogens with zero attached hydrogens (tertiary/aromatic N) is 1. The summed E-state index contributed by atoms with van der Waals surface area (Å²) in [4.78, 5) is 14.4. The van der Waals surface area contributed by atoms with Gasteiger partial charge in [0.05, 0.1) is 19.3 Å². The van der Waals surface area contributed by atoms with Crippen LogP contribution >= 0.6 is 0 Å². The first-order chi connectivity index (χ1) is 8.22. The van der Waals surface area contributed by atoms with Crippen LogP contribution in [0.2, 0.25) is 0 Å². The Kier molecular flexibility index (Phi) is 4.40. The third kappa shape index (κ3) is 2.99. The highest BCUT2D eigenvalue weighted by Crippen LogP contribution is 2.30. The second-order valence-electron chi connectivity index (χ2n) is 5.41. The van der Waals surface area contributed by atoms with Crippen LogP contribution in [-0.2, 0) is 9.53 Å². The summed E-state index contributed by atoms with van der Waals surface area (Å²) >= 11 is 0. The number of rotatable bonds is 2. The summed E-state index contributed by atoms with van der Waals surface area (Å²) in [5, 5.41) is 0. The molecule has 0 radical (unpaired) electrons. The molecular formula is C13H24N2O2. The zero-order chi connectivity index (χ0) is 12.3. The fourth-order valence-electron chi connectivity index (χ4n) is 2.93. The maximum Gasteiger partial charge on any atom is 0.226 e. The molecule has 0 aromatic carbocycles. The van der Waals surface area contributed by atoms with Gasteiger partial charge in [-0.25, -0.2) is 0 Å². The van der Waals surface area contributed by atoms with Crippen molar-refractivity contribution in [2.45, 2.75) is 38.6 Å². The number of morpholine rings is 1. The van der Waals surface area contributed by atoms with E-state index >= 15 is 0 Å². The standard InChI is InChI=1S/C13H24N2O2/c1-10-9-17-7-6-15(10)13(16)12-4-2-11(8-14)3-5-12/h10-12H,2-9,14H2,1H3. The Balaban J connectivity index is 1.87. The average molecular weight is 240 g/mol. The van der Waals surface area contributed by atoms with E-state index in [9.17, 15) is 4.79 Å². The van der Waals surface area contributed by atoms with Crippen LogP contribution in [0.1, 0.15) is 32.6 Å². The van der Waals surface area contributed by atoms with Gasteiger partial charge in [0.15, 0.2) is 0 Å². The Labute approximate surface area is 103 Å². The van der Waals surface area contributed by atoms with E-state index in [1.165, 1.54) is 0 Å². The first kappa shape index (κ1) is 12.8. The second kappa shape index (κ2) is 5.83. The molecule has 2 aliphatic rings. The van der Waals surface area contributed by atoms with Crippen molar-refractivity contribution >= 4 is 5.91 Å². The van der Waals surface area contributed by atoms with Gasteiger partial charge in [-0.2, -0.15) is 0 Å². The maximum absolute atomic E-state index is 12.4. The Hall–Kier alpha value is -0.610. The molecule has 2 rings (SSSR count). The lowest BCUT2D eigenvalue weighted by molar-refractivity contribution is -0.144. The molecule has 4 heteroatoms. The van der Waals surface area contributed by atoms with Crippen LogP contribution in [-0.4, -0.2) is 43.2 Å². The van der Waals surface area contributed by atoms with Crippen molar-refractivity contribution in [1.29, 1.82) is 0 Å². The van der Waals surface area contributed by atoms with Crippen molar-refractivity contribution in [2.24, 2.45) is 17.6 Å². The van der Waals surface area contributed by atoms with Gasteiger partial charge in [0, 0.05) is 12.5 Å². The van der Waals surface area contributed by atoms with Crippen molar-refractivity contribution < 1.29 is 9.53 Å². The van der Waals surface area contributed by atoms with Crippen LogP contribution in [0.25, 0.3) is 0 Å². The molecule has 1 unspecified atom stereocenters. The van der Waals surface area contributed by atoms with Crippen molar-refractivity contribution in [2.75, 3.05) is 26.3 Å². The van der Waals surface area contributed by atoms with E-state index in [1.807, 2.05) is 4.90 Å². The van der Waals surface area contributed by atoms with Crippen molar-refractivity contribution in [3.8, 4) is 0 Å². The van der Waals surface area contributed by atoms with Gasteiger partial charge in [-0.1, -0.05) is 0 Å². The summed E-state index contributed by atoms with van der Waals surface area (Å²) in [6.07, 6.45) is 4.27. The zero-order valence-electron chi connectivity index (χ0n) is 10.7. The number of amides is 1. The monoisotopic (exact) mass is 240 g/mol. The molecule has 1 atom stereocenters. The van der Waals surface area contributed by atoms with Crippen LogP contribution in [0.15, 0.2) is 0 Å². The van der Waals surface area contributed by atoms with Gasteiger partial charge in [0.25, 0.3) is 0 Å². The molecule has 0 aromatic rings. The fourth-order valence-corrected chi connectivity index (χ4v) is 2.93. The lowest BCUT2D eigenvalue weighted by Crippen LogP contribution is -2.49. The minimum atomic E-state index is 0.235. The predicted molar refractivity (Wildman–Crippen MR) is 66.5 cm³/mol. The molecule has 1 saturated heterocycles. The molecule has 2 N–H and O–H groups in total. The van der Waals surface area contributed by atoms with Gasteiger partial charge in [-0.15, -0.1) is 0 Å². The molecule has 1 amide bonds. The molecule has 4 nitrogen and oxygen atoms in total. The SMILES string of the molecule is CC1COCCN1C(=O)C1CCC(CN)CC1. The van der Waals surface area contributed by atoms with Crippen molar-refractivity contribution in [3.05, 3.63) is 0 Å². The van der Waals surface area contributed by atoms with Crippen LogP contribution in [0, 0.1) is 11.8 Å². The summed E-state index contributed by atoms with van der Waals surface area (Å²) in [5.74, 6) is 1.22. The van der Waals surface area contributed by atoms with Crippen LogP contribution in [0.4, 0.5) is 0 Å². The van der Waals surface area contributed by atoms with Gasteiger partial charge in [-0.3, -0.25) is 4.79 Å². The fraction of sp³-hybridized carbons (Fsp3) is 0.923. The number of ether oxygens (including phenoxy) is 1. The Morgan fingerprint density at radius 1 is 1.35 bits per heavy atom. The molecule has 17 heavy (non-hydrogen) atoms. The molecule has 1 aliphatic heterocycles. The first-order valence-electron chi connectivity index (χ1n) is 6.80. The van der Waals surface area contributed by atoms with E-state index in [4.69, 9.17) is 10.5 Å². The number of nitrogens with two attached hydrogens (primary N) is 1. The molecule has 1 aliphatic carbocycles. The molecule has 0 spiro atoms. The number of carbonyl (C=O) groups excluding carboxylic acids is 1. The van der Waals surface area contributed by atoms with Crippen LogP contribution in [0.3, 0.4) is 0 Å². The second-order valence-corrected chi connectivity index (χ2v) is 5.41. The van der Waals surface area contributed by atoms with Gasteiger partial charge < -0.3 is 15.4 Å². The molecule has 1 saturated carbocycles. The summed E-state index contributed by atoms with van der Waals surface area (Å²) in [6.45, 7) is 4.98. The lowest BCUT2D eigenvalue weighted by Gasteiger charge is -2.37. The van der Waals surface area contributed by atoms with Gasteiger partial charge in [0.1, 0.15) is 0 Å². The normalized spacial score (nSPS) is 34.7. The van der Waals surface area contributed by atoms with E-state index in [1.54, 1.807) is 0 Å².